The van der Waals surface area contributed by atoms with E-state index in [1.165, 1.54) is 14.2 Å². The number of hydrogen-bond acceptors (Lipinski definition) is 9. The van der Waals surface area contributed by atoms with Crippen molar-refractivity contribution in [3.05, 3.63) is 53.3 Å². The first-order valence-electron chi connectivity index (χ1n) is 19.5. The van der Waals surface area contributed by atoms with Crippen molar-refractivity contribution in [2.45, 2.75) is 95.8 Å². The van der Waals surface area contributed by atoms with Crippen LogP contribution in [-0.4, -0.2) is 94.4 Å². The number of fused-ring (bicyclic) bond motifs is 4. The molecule has 56 heavy (non-hydrogen) atoms. The summed E-state index contributed by atoms with van der Waals surface area (Å²) in [5.41, 5.74) is 5.06. The Morgan fingerprint density at radius 3 is 1.93 bits per heavy atom. The molecule has 3 aliphatic heterocycles. The number of alkyl carbamates (subject to hydrolysis) is 2. The number of piperidine rings is 2. The molecule has 3 aromatic rings. The molecule has 292 valence electrons. The standard InChI is InChI=1S/C42H48N8O6/c1-21(2)35(47-41(53)55-5)39(51)49-31-17-25(31)19-33(49)37-43-27-13-11-23(15-29(27)45-37)9-7-8-10-24-12-14-28-30(16-24)46-38(44-28)34-20-26-18-32(26)50(34)40(52)36(22(3)4)48-42(54)56-6/h11-16,21-22,25-26,31-37,43,45H,17-20H2,1-6H3,(H,44,46)(H,47,53)(H,48,54). The summed E-state index contributed by atoms with van der Waals surface area (Å²) in [6.45, 7) is 7.67. The van der Waals surface area contributed by atoms with Crippen LogP contribution in [0.15, 0.2) is 36.4 Å². The van der Waals surface area contributed by atoms with Gasteiger partial charge in [0.05, 0.1) is 48.7 Å². The Morgan fingerprint density at radius 2 is 1.29 bits per heavy atom. The van der Waals surface area contributed by atoms with Crippen LogP contribution in [0.1, 0.15) is 76.4 Å². The Bertz CT molecular complexity index is 2210. The van der Waals surface area contributed by atoms with E-state index in [1.54, 1.807) is 0 Å². The number of carbonyl (C=O) groups is 4. The Labute approximate surface area is 326 Å². The normalized spacial score (nSPS) is 26.0. The largest absolute Gasteiger partial charge is 0.453 e. The minimum absolute atomic E-state index is 0.0687. The molecule has 0 spiro atoms. The topological polar surface area (TPSA) is 170 Å². The molecule has 2 saturated carbocycles. The molecule has 4 amide bonds. The number of rotatable bonds is 8. The lowest BCUT2D eigenvalue weighted by molar-refractivity contribution is -0.137. The monoisotopic (exact) mass is 760 g/mol. The van der Waals surface area contributed by atoms with Crippen LogP contribution in [0, 0.1) is 47.4 Å². The number of benzene rings is 2. The number of carbonyl (C=O) groups excluding carboxylic acids is 4. The highest BCUT2D eigenvalue weighted by molar-refractivity contribution is 5.88. The summed E-state index contributed by atoms with van der Waals surface area (Å²) in [4.78, 5) is 63.8. The van der Waals surface area contributed by atoms with Gasteiger partial charge in [0, 0.05) is 23.2 Å². The molecule has 1 aromatic heterocycles. The Hall–Kier alpha value is -5.89. The first-order valence-corrected chi connectivity index (χ1v) is 19.5. The Morgan fingerprint density at radius 1 is 0.732 bits per heavy atom. The van der Waals surface area contributed by atoms with E-state index in [9.17, 15) is 19.2 Å². The minimum atomic E-state index is -0.689. The first kappa shape index (κ1) is 37.1. The van der Waals surface area contributed by atoms with E-state index in [0.29, 0.717) is 11.8 Å². The van der Waals surface area contributed by atoms with Crippen LogP contribution in [-0.2, 0) is 19.1 Å². The molecule has 5 N–H and O–H groups in total. The fourth-order valence-corrected chi connectivity index (χ4v) is 8.76. The molecule has 8 rings (SSSR count). The molecule has 2 aromatic carbocycles. The summed E-state index contributed by atoms with van der Waals surface area (Å²) in [7, 11) is 2.60. The van der Waals surface area contributed by atoms with Crippen molar-refractivity contribution in [3.8, 4) is 23.7 Å². The zero-order valence-corrected chi connectivity index (χ0v) is 32.4. The van der Waals surface area contributed by atoms with E-state index in [4.69, 9.17) is 14.5 Å². The lowest BCUT2D eigenvalue weighted by atomic mass is 10.0. The predicted octanol–water partition coefficient (Wildman–Crippen LogP) is 4.54. The lowest BCUT2D eigenvalue weighted by Gasteiger charge is -2.35. The second-order valence-corrected chi connectivity index (χ2v) is 16.3. The van der Waals surface area contributed by atoms with E-state index in [0.717, 1.165) is 65.0 Å². The SMILES string of the molecule is COC(=O)NC(C(=O)N1C(c2nc3ccc(C#CC#Cc4ccc5c(c4)NC(C4CC6CC6N4C(=O)C(NC(=O)OC)C(C)C)N5)cc3[nH]2)CC2CC21)C(C)C. The van der Waals surface area contributed by atoms with Crippen LogP contribution in [0.4, 0.5) is 21.0 Å². The van der Waals surface area contributed by atoms with Gasteiger partial charge in [-0.2, -0.15) is 0 Å². The van der Waals surface area contributed by atoms with Gasteiger partial charge in [-0.05, 0) is 97.6 Å². The van der Waals surface area contributed by atoms with Crippen LogP contribution in [0.3, 0.4) is 0 Å². The second kappa shape index (κ2) is 14.6. The molecule has 0 radical (unpaired) electrons. The van der Waals surface area contributed by atoms with E-state index >= 15 is 0 Å². The summed E-state index contributed by atoms with van der Waals surface area (Å²) < 4.78 is 9.58. The molecule has 14 nitrogen and oxygen atoms in total. The number of H-pyrrole nitrogens is 1. The van der Waals surface area contributed by atoms with Crippen molar-refractivity contribution in [2.75, 3.05) is 24.9 Å². The molecule has 0 bridgehead atoms. The third-order valence-corrected chi connectivity index (χ3v) is 11.9. The summed E-state index contributed by atoms with van der Waals surface area (Å²) in [6.07, 6.45) is 2.27. The van der Waals surface area contributed by atoms with Gasteiger partial charge < -0.3 is 45.5 Å². The van der Waals surface area contributed by atoms with E-state index in [2.05, 4.69) is 49.9 Å². The highest BCUT2D eigenvalue weighted by atomic mass is 16.5. The number of imidazole rings is 1. The van der Waals surface area contributed by atoms with E-state index in [1.807, 2.05) is 73.9 Å². The highest BCUT2D eigenvalue weighted by Gasteiger charge is 2.58. The van der Waals surface area contributed by atoms with Gasteiger partial charge in [-0.1, -0.05) is 39.5 Å². The van der Waals surface area contributed by atoms with Gasteiger partial charge in [0.1, 0.15) is 24.1 Å². The summed E-state index contributed by atoms with van der Waals surface area (Å²) in [5.74, 6) is 13.5. The Kier molecular flexibility index (Phi) is 9.69. The number of methoxy groups -OCH3 is 2. The van der Waals surface area contributed by atoms with Gasteiger partial charge in [-0.3, -0.25) is 9.59 Å². The van der Waals surface area contributed by atoms with Crippen molar-refractivity contribution in [1.29, 1.82) is 0 Å². The number of anilines is 2. The number of amides is 4. The van der Waals surface area contributed by atoms with E-state index in [-0.39, 0.29) is 54.0 Å². The lowest BCUT2D eigenvalue weighted by Crippen LogP contribution is -2.57. The maximum atomic E-state index is 13.8. The van der Waals surface area contributed by atoms with Gasteiger partial charge >= 0.3 is 12.2 Å². The number of nitrogens with zero attached hydrogens (tertiary/aromatic N) is 3. The maximum absolute atomic E-state index is 13.8. The summed E-state index contributed by atoms with van der Waals surface area (Å²) in [6, 6.07) is 10.4. The molecule has 4 heterocycles. The number of likely N-dealkylation sites (tertiary alicyclic amines) is 2. The molecule has 2 saturated heterocycles. The van der Waals surface area contributed by atoms with E-state index < -0.39 is 24.3 Å². The number of aromatic nitrogens is 2. The van der Waals surface area contributed by atoms with Crippen molar-refractivity contribution < 1.29 is 28.7 Å². The van der Waals surface area contributed by atoms with Crippen molar-refractivity contribution in [2.24, 2.45) is 23.7 Å². The van der Waals surface area contributed by atoms with Crippen LogP contribution in [0.25, 0.3) is 11.0 Å². The summed E-state index contributed by atoms with van der Waals surface area (Å²) in [5, 5.41) is 12.6. The zero-order chi connectivity index (χ0) is 39.4. The van der Waals surface area contributed by atoms with Crippen LogP contribution in [0.2, 0.25) is 0 Å². The highest BCUT2D eigenvalue weighted by Crippen LogP contribution is 2.54. The average Bonchev–Trinajstić information content (AvgIpc) is 3.84. The quantitative estimate of drug-likeness (QED) is 0.207. The van der Waals surface area contributed by atoms with Crippen LogP contribution >= 0.6 is 0 Å². The number of aromatic amines is 1. The number of hydrogen-bond donors (Lipinski definition) is 5. The smallest absolute Gasteiger partial charge is 0.407 e. The maximum Gasteiger partial charge on any atom is 0.407 e. The molecule has 9 unspecified atom stereocenters. The molecule has 4 fully saturated rings. The van der Waals surface area contributed by atoms with Gasteiger partial charge in [0.2, 0.25) is 11.8 Å². The average molecular weight is 761 g/mol. The number of ether oxygens (including phenoxy) is 2. The molecule has 5 aliphatic rings. The van der Waals surface area contributed by atoms with Gasteiger partial charge in [-0.15, -0.1) is 0 Å². The fraction of sp³-hybridized carbons (Fsp3) is 0.500. The minimum Gasteiger partial charge on any atom is -0.453 e. The van der Waals surface area contributed by atoms with Crippen molar-refractivity contribution in [1.82, 2.24) is 30.4 Å². The molecule has 14 heteroatoms. The van der Waals surface area contributed by atoms with Crippen LogP contribution in [0.5, 0.6) is 0 Å². The predicted molar refractivity (Wildman–Crippen MR) is 209 cm³/mol. The van der Waals surface area contributed by atoms with Gasteiger partial charge in [0.25, 0.3) is 0 Å². The molecular weight excluding hydrogens is 713 g/mol. The third-order valence-electron chi connectivity index (χ3n) is 11.9. The molecular formula is C42H48N8O6. The summed E-state index contributed by atoms with van der Waals surface area (Å²) >= 11 is 0. The number of nitrogens with one attached hydrogen (secondary N) is 5. The molecule has 9 atom stereocenters. The van der Waals surface area contributed by atoms with Gasteiger partial charge in [0.15, 0.2) is 0 Å². The van der Waals surface area contributed by atoms with Crippen molar-refractivity contribution in [3.63, 3.8) is 0 Å². The second-order valence-electron chi connectivity index (χ2n) is 16.3. The fourth-order valence-electron chi connectivity index (χ4n) is 8.76. The zero-order valence-electron chi connectivity index (χ0n) is 32.4. The van der Waals surface area contributed by atoms with Crippen molar-refractivity contribution >= 4 is 46.4 Å². The van der Waals surface area contributed by atoms with Crippen LogP contribution < -0.4 is 21.3 Å². The first-order chi connectivity index (χ1) is 26.9. The molecule has 2 aliphatic carbocycles. The van der Waals surface area contributed by atoms with Gasteiger partial charge in [-0.25, -0.2) is 14.6 Å². The Balaban J connectivity index is 0.924. The third kappa shape index (κ3) is 7.04.